The molecule has 0 saturated carbocycles. The summed E-state index contributed by atoms with van der Waals surface area (Å²) in [5.74, 6) is -0.768. The molecule has 1 saturated heterocycles. The van der Waals surface area contributed by atoms with Crippen molar-refractivity contribution in [2.24, 2.45) is 5.41 Å². The molecule has 0 aliphatic carbocycles. The van der Waals surface area contributed by atoms with E-state index in [1.807, 2.05) is 65.6 Å². The van der Waals surface area contributed by atoms with Crippen LogP contribution in [0.4, 0.5) is 10.6 Å². The van der Waals surface area contributed by atoms with E-state index in [1.165, 1.54) is 4.40 Å². The third-order valence-electron chi connectivity index (χ3n) is 8.25. The van der Waals surface area contributed by atoms with Gasteiger partial charge in [0, 0.05) is 25.7 Å². The molecule has 0 unspecified atom stereocenters. The molecule has 1 N–H and O–H groups in total. The molecule has 39 heavy (non-hydrogen) atoms. The van der Waals surface area contributed by atoms with Crippen LogP contribution >= 0.6 is 0 Å². The fraction of sp³-hybridized carbons (Fsp3) is 0.233. The van der Waals surface area contributed by atoms with Crippen molar-refractivity contribution in [2.45, 2.75) is 25.3 Å². The number of fused-ring (bicyclic) bond motifs is 7. The number of carbonyl (C=O) groups excluding carboxylic acids is 3. The van der Waals surface area contributed by atoms with Crippen LogP contribution in [-0.4, -0.2) is 45.2 Å². The van der Waals surface area contributed by atoms with E-state index in [1.54, 1.807) is 18.3 Å². The minimum Gasteiger partial charge on any atom is -0.347 e. The molecular formula is C30H25N5O4. The summed E-state index contributed by atoms with van der Waals surface area (Å²) in [5.41, 5.74) is 1.61. The molecule has 9 heteroatoms. The van der Waals surface area contributed by atoms with Crippen LogP contribution in [0.3, 0.4) is 0 Å². The summed E-state index contributed by atoms with van der Waals surface area (Å²) in [6.07, 6.45) is 2.60. The van der Waals surface area contributed by atoms with Crippen molar-refractivity contribution in [1.82, 2.24) is 19.6 Å². The van der Waals surface area contributed by atoms with Gasteiger partial charge in [0.2, 0.25) is 11.8 Å². The zero-order chi connectivity index (χ0) is 26.7. The predicted molar refractivity (Wildman–Crippen MR) is 143 cm³/mol. The largest absolute Gasteiger partial charge is 0.347 e. The fourth-order valence-corrected chi connectivity index (χ4v) is 6.40. The molecule has 7 rings (SSSR count). The minimum absolute atomic E-state index is 0.111. The third-order valence-corrected chi connectivity index (χ3v) is 8.25. The van der Waals surface area contributed by atoms with Crippen molar-refractivity contribution in [1.29, 1.82) is 0 Å². The monoisotopic (exact) mass is 519 g/mol. The topological polar surface area (TPSA) is 104 Å². The molecule has 5 heterocycles. The fourth-order valence-electron chi connectivity index (χ4n) is 6.40. The van der Waals surface area contributed by atoms with E-state index in [-0.39, 0.29) is 18.5 Å². The van der Waals surface area contributed by atoms with Crippen molar-refractivity contribution in [2.75, 3.05) is 18.0 Å². The van der Waals surface area contributed by atoms with Gasteiger partial charge >= 0.3 is 6.03 Å². The van der Waals surface area contributed by atoms with E-state index in [4.69, 9.17) is 4.98 Å². The van der Waals surface area contributed by atoms with Gasteiger partial charge in [0.05, 0.1) is 11.6 Å². The molecule has 4 aromatic rings. The number of aromatic nitrogens is 2. The van der Waals surface area contributed by atoms with E-state index in [2.05, 4.69) is 5.32 Å². The first-order chi connectivity index (χ1) is 19.0. The van der Waals surface area contributed by atoms with Crippen molar-refractivity contribution >= 4 is 29.3 Å². The molecule has 3 aliphatic heterocycles. The number of anilines is 1. The van der Waals surface area contributed by atoms with E-state index in [9.17, 15) is 19.2 Å². The summed E-state index contributed by atoms with van der Waals surface area (Å²) in [5, 5.41) is 2.48. The number of carbonyl (C=O) groups is 3. The SMILES string of the molecule is O=C1NC(=O)[C@@]2(Cc3c(nc4ccccn4c3=O)N3CCc4ccccc4[C@@H]32)C(=O)N1CCc1ccccc1. The number of amides is 4. The second-order valence-corrected chi connectivity index (χ2v) is 10.3. The summed E-state index contributed by atoms with van der Waals surface area (Å²) in [6.45, 7) is 0.588. The number of benzene rings is 2. The van der Waals surface area contributed by atoms with Gasteiger partial charge in [-0.2, -0.15) is 0 Å². The molecule has 0 bridgehead atoms. The zero-order valence-electron chi connectivity index (χ0n) is 21.0. The maximum atomic E-state index is 14.5. The highest BCUT2D eigenvalue weighted by Gasteiger charge is 2.64. The summed E-state index contributed by atoms with van der Waals surface area (Å²) >= 11 is 0. The summed E-state index contributed by atoms with van der Waals surface area (Å²) < 4.78 is 1.44. The summed E-state index contributed by atoms with van der Waals surface area (Å²) in [7, 11) is 0. The number of urea groups is 1. The number of nitrogens with one attached hydrogen (secondary N) is 1. The lowest BCUT2D eigenvalue weighted by molar-refractivity contribution is -0.154. The first kappa shape index (κ1) is 23.3. The lowest BCUT2D eigenvalue weighted by Crippen LogP contribution is -2.70. The molecule has 3 aliphatic rings. The number of imide groups is 2. The Hall–Kier alpha value is -4.79. The Balaban J connectivity index is 1.42. The zero-order valence-corrected chi connectivity index (χ0v) is 21.0. The van der Waals surface area contributed by atoms with Gasteiger partial charge in [-0.1, -0.05) is 60.7 Å². The van der Waals surface area contributed by atoms with Crippen LogP contribution in [0.1, 0.15) is 28.3 Å². The van der Waals surface area contributed by atoms with E-state index in [0.29, 0.717) is 36.4 Å². The number of pyridine rings is 1. The maximum Gasteiger partial charge on any atom is 0.330 e. The standard InChI is InChI=1S/C30H25N5O4/c36-26-22-18-30(27(37)32-29(39)35(28(30)38)16-13-19-8-2-1-3-9-19)24-21-11-5-4-10-20(21)14-17-34(24)25(22)31-23-12-6-7-15-33(23)26/h1-12,15,24H,13-14,16-18H2,(H,32,37,39)/t24-,30+/m1/s1. The number of barbiturate groups is 1. The molecule has 1 spiro atoms. The Morgan fingerprint density at radius 3 is 2.54 bits per heavy atom. The number of rotatable bonds is 3. The Kier molecular flexibility index (Phi) is 5.16. The lowest BCUT2D eigenvalue weighted by Gasteiger charge is -2.53. The van der Waals surface area contributed by atoms with Gasteiger partial charge in [-0.15, -0.1) is 0 Å². The van der Waals surface area contributed by atoms with Gasteiger partial charge in [0.25, 0.3) is 5.56 Å². The van der Waals surface area contributed by atoms with E-state index in [0.717, 1.165) is 21.6 Å². The van der Waals surface area contributed by atoms with Gasteiger partial charge in [0.1, 0.15) is 11.5 Å². The van der Waals surface area contributed by atoms with Gasteiger partial charge in [-0.3, -0.25) is 29.0 Å². The molecule has 2 aromatic carbocycles. The molecule has 0 radical (unpaired) electrons. The van der Waals surface area contributed by atoms with Gasteiger partial charge in [0.15, 0.2) is 5.41 Å². The summed E-state index contributed by atoms with van der Waals surface area (Å²) in [4.78, 5) is 63.1. The Morgan fingerprint density at radius 2 is 1.69 bits per heavy atom. The lowest BCUT2D eigenvalue weighted by atomic mass is 9.65. The van der Waals surface area contributed by atoms with Gasteiger partial charge in [-0.05, 0) is 41.7 Å². The molecule has 4 amide bonds. The third kappa shape index (κ3) is 3.35. The molecule has 2 aromatic heterocycles. The first-order valence-electron chi connectivity index (χ1n) is 13.0. The van der Waals surface area contributed by atoms with Crippen molar-refractivity contribution in [3.8, 4) is 0 Å². The van der Waals surface area contributed by atoms with Crippen LogP contribution in [0.25, 0.3) is 5.65 Å². The van der Waals surface area contributed by atoms with Gasteiger partial charge in [-0.25, -0.2) is 9.78 Å². The molecule has 9 nitrogen and oxygen atoms in total. The van der Waals surface area contributed by atoms with Crippen LogP contribution in [0.15, 0.2) is 83.8 Å². The van der Waals surface area contributed by atoms with Crippen LogP contribution in [0, 0.1) is 5.41 Å². The highest BCUT2D eigenvalue weighted by molar-refractivity contribution is 6.20. The molecule has 2 atom stereocenters. The molecular weight excluding hydrogens is 494 g/mol. The maximum absolute atomic E-state index is 14.5. The Morgan fingerprint density at radius 1 is 0.923 bits per heavy atom. The highest BCUT2D eigenvalue weighted by atomic mass is 16.2. The molecule has 194 valence electrons. The second-order valence-electron chi connectivity index (χ2n) is 10.3. The van der Waals surface area contributed by atoms with Crippen LogP contribution in [-0.2, 0) is 28.9 Å². The van der Waals surface area contributed by atoms with Crippen molar-refractivity contribution in [3.05, 3.63) is 112 Å². The van der Waals surface area contributed by atoms with Crippen molar-refractivity contribution < 1.29 is 14.4 Å². The normalized spacial score (nSPS) is 21.9. The smallest absolute Gasteiger partial charge is 0.330 e. The van der Waals surface area contributed by atoms with Crippen molar-refractivity contribution in [3.63, 3.8) is 0 Å². The first-order valence-corrected chi connectivity index (χ1v) is 13.0. The second kappa shape index (κ2) is 8.62. The van der Waals surface area contributed by atoms with Crippen LogP contribution < -0.4 is 15.8 Å². The highest BCUT2D eigenvalue weighted by Crippen LogP contribution is 2.52. The average Bonchev–Trinajstić information content (AvgIpc) is 2.96. The number of hydrogen-bond acceptors (Lipinski definition) is 6. The predicted octanol–water partition coefficient (Wildman–Crippen LogP) is 2.66. The van der Waals surface area contributed by atoms with E-state index >= 15 is 0 Å². The quantitative estimate of drug-likeness (QED) is 0.418. The average molecular weight is 520 g/mol. The molecule has 1 fully saturated rings. The van der Waals surface area contributed by atoms with E-state index < -0.39 is 29.3 Å². The Labute approximate surface area is 223 Å². The minimum atomic E-state index is -1.71. The number of nitrogens with zero attached hydrogens (tertiary/aromatic N) is 4. The summed E-state index contributed by atoms with van der Waals surface area (Å²) in [6, 6.07) is 21.2. The Bertz CT molecular complexity index is 1730. The van der Waals surface area contributed by atoms with Crippen LogP contribution in [0.5, 0.6) is 0 Å². The van der Waals surface area contributed by atoms with Crippen LogP contribution in [0.2, 0.25) is 0 Å². The number of hydrogen-bond donors (Lipinski definition) is 1. The van der Waals surface area contributed by atoms with Gasteiger partial charge < -0.3 is 4.90 Å².